The molecule has 0 spiro atoms. The Hall–Kier alpha value is -1.79. The molecule has 0 N–H and O–H groups in total. The molecule has 5 nitrogen and oxygen atoms in total. The van der Waals surface area contributed by atoms with Gasteiger partial charge in [0.1, 0.15) is 17.2 Å². The van der Waals surface area contributed by atoms with Crippen molar-refractivity contribution >= 4 is 17.3 Å². The first-order valence-corrected chi connectivity index (χ1v) is 9.05. The first kappa shape index (κ1) is 18.5. The minimum Gasteiger partial charge on any atom is -0.455 e. The van der Waals surface area contributed by atoms with Crippen molar-refractivity contribution in [3.8, 4) is 0 Å². The summed E-state index contributed by atoms with van der Waals surface area (Å²) in [6.07, 6.45) is 1.46. The Labute approximate surface area is 147 Å². The number of esters is 1. The monoisotopic (exact) mass is 348 g/mol. The predicted octanol–water partition coefficient (Wildman–Crippen LogP) is 4.12. The third kappa shape index (κ3) is 5.11. The van der Waals surface area contributed by atoms with E-state index in [9.17, 15) is 4.79 Å². The Balaban J connectivity index is 1.99. The minimum absolute atomic E-state index is 0.0540. The van der Waals surface area contributed by atoms with E-state index in [1.807, 2.05) is 51.3 Å². The van der Waals surface area contributed by atoms with E-state index < -0.39 is 0 Å². The third-order valence-corrected chi connectivity index (χ3v) is 4.56. The zero-order chi connectivity index (χ0) is 17.5. The fourth-order valence-corrected chi connectivity index (χ4v) is 3.15. The standard InChI is InChI=1S/C18H24N2O3S/c1-5-22-13(4)18-20-14(11-24-18)10-16(21)23-17(12(2)3)15-8-6-7-9-19-15/h6-9,11-13,17H,5,10H2,1-4H3/t13-,17-/m1/s1. The summed E-state index contributed by atoms with van der Waals surface area (Å²) in [5, 5.41) is 2.77. The van der Waals surface area contributed by atoms with Crippen molar-refractivity contribution in [2.45, 2.75) is 46.3 Å². The molecule has 0 bridgehead atoms. The molecule has 24 heavy (non-hydrogen) atoms. The van der Waals surface area contributed by atoms with Gasteiger partial charge in [0.2, 0.25) is 0 Å². The molecule has 6 heteroatoms. The van der Waals surface area contributed by atoms with Gasteiger partial charge in [-0.3, -0.25) is 9.78 Å². The summed E-state index contributed by atoms with van der Waals surface area (Å²) in [4.78, 5) is 21.1. The SMILES string of the molecule is CCO[C@H](C)c1nc(CC(=O)O[C@@H](c2ccccn2)C(C)C)cs1. The first-order chi connectivity index (χ1) is 11.5. The summed E-state index contributed by atoms with van der Waals surface area (Å²) in [5.41, 5.74) is 1.49. The molecule has 0 saturated heterocycles. The van der Waals surface area contributed by atoms with Crippen LogP contribution < -0.4 is 0 Å². The van der Waals surface area contributed by atoms with Gasteiger partial charge in [-0.1, -0.05) is 19.9 Å². The van der Waals surface area contributed by atoms with Crippen LogP contribution in [0.4, 0.5) is 0 Å². The number of hydrogen-bond acceptors (Lipinski definition) is 6. The summed E-state index contributed by atoms with van der Waals surface area (Å²) in [7, 11) is 0. The van der Waals surface area contributed by atoms with E-state index in [4.69, 9.17) is 9.47 Å². The molecule has 0 amide bonds. The van der Waals surface area contributed by atoms with Gasteiger partial charge in [-0.15, -0.1) is 11.3 Å². The molecule has 0 radical (unpaired) electrons. The zero-order valence-electron chi connectivity index (χ0n) is 14.6. The first-order valence-electron chi connectivity index (χ1n) is 8.17. The fraction of sp³-hybridized carbons (Fsp3) is 0.500. The highest BCUT2D eigenvalue weighted by Gasteiger charge is 2.22. The third-order valence-electron chi connectivity index (χ3n) is 3.50. The van der Waals surface area contributed by atoms with Gasteiger partial charge in [0.25, 0.3) is 0 Å². The lowest BCUT2D eigenvalue weighted by Gasteiger charge is -2.20. The molecular weight excluding hydrogens is 324 g/mol. The van der Waals surface area contributed by atoms with Gasteiger partial charge >= 0.3 is 5.97 Å². The largest absolute Gasteiger partial charge is 0.455 e. The lowest BCUT2D eigenvalue weighted by atomic mass is 10.0. The van der Waals surface area contributed by atoms with Crippen LogP contribution in [-0.2, 0) is 20.7 Å². The summed E-state index contributed by atoms with van der Waals surface area (Å²) in [5.74, 6) is -0.145. The van der Waals surface area contributed by atoms with Crippen LogP contribution >= 0.6 is 11.3 Å². The normalized spacial score (nSPS) is 13.7. The van der Waals surface area contributed by atoms with Crippen LogP contribution in [0.1, 0.15) is 56.3 Å². The molecular formula is C18H24N2O3S. The molecule has 0 fully saturated rings. The Bertz CT molecular complexity index is 643. The van der Waals surface area contributed by atoms with Gasteiger partial charge < -0.3 is 9.47 Å². The van der Waals surface area contributed by atoms with Gasteiger partial charge in [-0.25, -0.2) is 4.98 Å². The van der Waals surface area contributed by atoms with Crippen LogP contribution in [0, 0.1) is 5.92 Å². The summed E-state index contributed by atoms with van der Waals surface area (Å²) < 4.78 is 11.2. The molecule has 0 aliphatic rings. The molecule has 2 aromatic rings. The molecule has 2 aromatic heterocycles. The van der Waals surface area contributed by atoms with E-state index in [0.717, 1.165) is 16.4 Å². The van der Waals surface area contributed by atoms with Crippen LogP contribution in [0.5, 0.6) is 0 Å². The Kier molecular flexibility index (Phi) is 6.87. The topological polar surface area (TPSA) is 61.3 Å². The highest BCUT2D eigenvalue weighted by atomic mass is 32.1. The van der Waals surface area contributed by atoms with Gasteiger partial charge in [-0.05, 0) is 31.9 Å². The average Bonchev–Trinajstić information content (AvgIpc) is 3.02. The molecule has 2 rings (SSSR count). The second-order valence-electron chi connectivity index (χ2n) is 5.86. The molecule has 2 atom stereocenters. The molecule has 130 valence electrons. The summed E-state index contributed by atoms with van der Waals surface area (Å²) >= 11 is 1.50. The van der Waals surface area contributed by atoms with Gasteiger partial charge in [0.15, 0.2) is 0 Å². The maximum absolute atomic E-state index is 12.3. The van der Waals surface area contributed by atoms with Crippen molar-refractivity contribution in [2.24, 2.45) is 5.92 Å². The Morgan fingerprint density at radius 3 is 2.71 bits per heavy atom. The van der Waals surface area contributed by atoms with Crippen molar-refractivity contribution in [1.29, 1.82) is 0 Å². The van der Waals surface area contributed by atoms with Crippen LogP contribution in [0.15, 0.2) is 29.8 Å². The van der Waals surface area contributed by atoms with E-state index in [2.05, 4.69) is 9.97 Å². The fourth-order valence-electron chi connectivity index (χ4n) is 2.33. The van der Waals surface area contributed by atoms with Crippen LogP contribution in [-0.4, -0.2) is 22.5 Å². The number of thiazole rings is 1. The zero-order valence-corrected chi connectivity index (χ0v) is 15.4. The van der Waals surface area contributed by atoms with Gasteiger partial charge in [0, 0.05) is 18.2 Å². The number of carbonyl (C=O) groups is 1. The number of pyridine rings is 1. The van der Waals surface area contributed by atoms with E-state index in [1.54, 1.807) is 6.20 Å². The highest BCUT2D eigenvalue weighted by Crippen LogP contribution is 2.25. The van der Waals surface area contributed by atoms with E-state index in [1.165, 1.54) is 11.3 Å². The highest BCUT2D eigenvalue weighted by molar-refractivity contribution is 7.09. The molecule has 0 aliphatic heterocycles. The second kappa shape index (κ2) is 8.89. The predicted molar refractivity (Wildman–Crippen MR) is 93.8 cm³/mol. The van der Waals surface area contributed by atoms with Crippen molar-refractivity contribution < 1.29 is 14.3 Å². The van der Waals surface area contributed by atoms with E-state index in [0.29, 0.717) is 6.61 Å². The lowest BCUT2D eigenvalue weighted by Crippen LogP contribution is -2.18. The van der Waals surface area contributed by atoms with E-state index >= 15 is 0 Å². The number of nitrogens with zero attached hydrogens (tertiary/aromatic N) is 2. The Morgan fingerprint density at radius 1 is 1.29 bits per heavy atom. The molecule has 0 aliphatic carbocycles. The number of carbonyl (C=O) groups excluding carboxylic acids is 1. The average molecular weight is 348 g/mol. The van der Waals surface area contributed by atoms with Gasteiger partial charge in [0.05, 0.1) is 17.8 Å². The van der Waals surface area contributed by atoms with Gasteiger partial charge in [-0.2, -0.15) is 0 Å². The molecule has 0 saturated carbocycles. The summed E-state index contributed by atoms with van der Waals surface area (Å²) in [6.45, 7) is 8.57. The summed E-state index contributed by atoms with van der Waals surface area (Å²) in [6, 6.07) is 5.62. The maximum Gasteiger partial charge on any atom is 0.312 e. The second-order valence-corrected chi connectivity index (χ2v) is 6.75. The molecule has 2 heterocycles. The van der Waals surface area contributed by atoms with Crippen molar-refractivity contribution in [1.82, 2.24) is 9.97 Å². The number of aromatic nitrogens is 2. The van der Waals surface area contributed by atoms with Crippen LogP contribution in [0.25, 0.3) is 0 Å². The van der Waals surface area contributed by atoms with Crippen LogP contribution in [0.2, 0.25) is 0 Å². The van der Waals surface area contributed by atoms with Crippen molar-refractivity contribution in [3.05, 3.63) is 46.2 Å². The van der Waals surface area contributed by atoms with Crippen molar-refractivity contribution in [2.75, 3.05) is 6.61 Å². The van der Waals surface area contributed by atoms with Crippen LogP contribution in [0.3, 0.4) is 0 Å². The minimum atomic E-state index is -0.348. The maximum atomic E-state index is 12.3. The Morgan fingerprint density at radius 2 is 2.08 bits per heavy atom. The van der Waals surface area contributed by atoms with E-state index in [-0.39, 0.29) is 30.5 Å². The molecule has 0 aromatic carbocycles. The lowest BCUT2D eigenvalue weighted by molar-refractivity contribution is -0.151. The number of hydrogen-bond donors (Lipinski definition) is 0. The quantitative estimate of drug-likeness (QED) is 0.672. The number of rotatable bonds is 8. The van der Waals surface area contributed by atoms with Crippen molar-refractivity contribution in [3.63, 3.8) is 0 Å². The molecule has 0 unspecified atom stereocenters. The smallest absolute Gasteiger partial charge is 0.312 e. The number of ether oxygens (including phenoxy) is 2.